The Labute approximate surface area is 145 Å². The van der Waals surface area contributed by atoms with Crippen LogP contribution in [0.5, 0.6) is 0 Å². The summed E-state index contributed by atoms with van der Waals surface area (Å²) in [6.45, 7) is 4.85. The Hall–Kier alpha value is -1.13. The lowest BCUT2D eigenvalue weighted by atomic mass is 9.94. The number of nitrogens with one attached hydrogen (secondary N) is 1. The number of amides is 1. The minimum Gasteiger partial charge on any atom is -0.343 e. The molecule has 0 saturated carbocycles. The van der Waals surface area contributed by atoms with E-state index >= 15 is 0 Å². The van der Waals surface area contributed by atoms with Crippen molar-refractivity contribution in [2.24, 2.45) is 11.8 Å². The maximum absolute atomic E-state index is 13.2. The zero-order chi connectivity index (χ0) is 15.9. The van der Waals surface area contributed by atoms with Crippen LogP contribution in [0.1, 0.15) is 31.7 Å². The van der Waals surface area contributed by atoms with Crippen molar-refractivity contribution >= 4 is 18.3 Å². The molecule has 0 spiro atoms. The third-order valence-corrected chi connectivity index (χ3v) is 4.46. The molecule has 1 N–H and O–H groups in total. The Morgan fingerprint density at radius 2 is 2.09 bits per heavy atom. The lowest BCUT2D eigenvalue weighted by molar-refractivity contribution is -0.133. The predicted molar refractivity (Wildman–Crippen MR) is 94.4 cm³/mol. The molecule has 1 aromatic rings. The largest absolute Gasteiger partial charge is 0.343 e. The van der Waals surface area contributed by atoms with Gasteiger partial charge in [0.15, 0.2) is 0 Å². The van der Waals surface area contributed by atoms with Crippen molar-refractivity contribution in [1.29, 1.82) is 0 Å². The smallest absolute Gasteiger partial charge is 0.222 e. The molecule has 1 aliphatic heterocycles. The van der Waals surface area contributed by atoms with Gasteiger partial charge in [0.1, 0.15) is 5.82 Å². The van der Waals surface area contributed by atoms with E-state index in [0.717, 1.165) is 44.5 Å². The van der Waals surface area contributed by atoms with Crippen molar-refractivity contribution in [2.45, 2.75) is 32.6 Å². The lowest BCUT2D eigenvalue weighted by Crippen LogP contribution is -2.41. The van der Waals surface area contributed by atoms with Gasteiger partial charge >= 0.3 is 0 Å². The van der Waals surface area contributed by atoms with Gasteiger partial charge in [0, 0.05) is 19.5 Å². The van der Waals surface area contributed by atoms with E-state index in [1.165, 1.54) is 6.07 Å². The number of carbonyl (C=O) groups excluding carboxylic acids is 1. The van der Waals surface area contributed by atoms with Gasteiger partial charge in [-0.25, -0.2) is 4.39 Å². The zero-order valence-corrected chi connectivity index (χ0v) is 14.9. The Balaban J connectivity index is 0.00000264. The summed E-state index contributed by atoms with van der Waals surface area (Å²) in [7, 11) is 1.98. The maximum Gasteiger partial charge on any atom is 0.222 e. The summed E-state index contributed by atoms with van der Waals surface area (Å²) in [6, 6.07) is 6.66. The minimum absolute atomic E-state index is 0. The quantitative estimate of drug-likeness (QED) is 0.860. The number of hydrogen-bond donors (Lipinski definition) is 1. The summed E-state index contributed by atoms with van der Waals surface area (Å²) in [5.41, 5.74) is 0.966. The normalized spacial score (nSPS) is 16.7. The van der Waals surface area contributed by atoms with Gasteiger partial charge in [0.05, 0.1) is 0 Å². The van der Waals surface area contributed by atoms with Crippen molar-refractivity contribution in [1.82, 2.24) is 10.2 Å². The molecule has 5 heteroatoms. The lowest BCUT2D eigenvalue weighted by Gasteiger charge is -2.32. The van der Waals surface area contributed by atoms with Gasteiger partial charge in [-0.3, -0.25) is 4.79 Å². The minimum atomic E-state index is -0.206. The van der Waals surface area contributed by atoms with Crippen LogP contribution >= 0.6 is 12.4 Å². The van der Waals surface area contributed by atoms with Crippen molar-refractivity contribution in [3.63, 3.8) is 0 Å². The molecule has 0 aliphatic carbocycles. The highest BCUT2D eigenvalue weighted by Crippen LogP contribution is 2.19. The second-order valence-corrected chi connectivity index (χ2v) is 6.53. The van der Waals surface area contributed by atoms with Crippen LogP contribution in [-0.2, 0) is 11.2 Å². The van der Waals surface area contributed by atoms with Gasteiger partial charge in [0.2, 0.25) is 5.91 Å². The van der Waals surface area contributed by atoms with Crippen LogP contribution in [-0.4, -0.2) is 37.5 Å². The molecule has 1 heterocycles. The molecule has 2 rings (SSSR count). The Morgan fingerprint density at radius 3 is 2.70 bits per heavy atom. The highest BCUT2D eigenvalue weighted by molar-refractivity contribution is 5.85. The average molecular weight is 343 g/mol. The number of halogens is 2. The molecule has 1 aliphatic rings. The molecule has 1 unspecified atom stereocenters. The fourth-order valence-corrected chi connectivity index (χ4v) is 3.24. The average Bonchev–Trinajstić information content (AvgIpc) is 2.48. The molecule has 23 heavy (non-hydrogen) atoms. The van der Waals surface area contributed by atoms with Crippen LogP contribution in [0.4, 0.5) is 4.39 Å². The van der Waals surface area contributed by atoms with Gasteiger partial charge in [-0.05, 0) is 62.4 Å². The number of likely N-dealkylation sites (tertiary alicyclic amines) is 1. The van der Waals surface area contributed by atoms with Crippen molar-refractivity contribution in [3.05, 3.63) is 35.6 Å². The third kappa shape index (κ3) is 6.48. The number of nitrogens with zero attached hydrogens (tertiary/aromatic N) is 1. The van der Waals surface area contributed by atoms with Gasteiger partial charge in [-0.2, -0.15) is 0 Å². The first kappa shape index (κ1) is 19.9. The van der Waals surface area contributed by atoms with Crippen molar-refractivity contribution in [2.75, 3.05) is 26.7 Å². The topological polar surface area (TPSA) is 32.3 Å². The molecular weight excluding hydrogens is 315 g/mol. The van der Waals surface area contributed by atoms with Crippen LogP contribution in [0.2, 0.25) is 0 Å². The molecule has 1 saturated heterocycles. The predicted octanol–water partition coefficient (Wildman–Crippen LogP) is 3.27. The van der Waals surface area contributed by atoms with E-state index in [4.69, 9.17) is 0 Å². The summed E-state index contributed by atoms with van der Waals surface area (Å²) >= 11 is 0. The van der Waals surface area contributed by atoms with Crippen LogP contribution in [0.25, 0.3) is 0 Å². The Bertz CT molecular complexity index is 490. The monoisotopic (exact) mass is 342 g/mol. The molecule has 1 aromatic carbocycles. The number of rotatable bonds is 6. The molecule has 130 valence electrons. The first-order valence-electron chi connectivity index (χ1n) is 8.25. The molecule has 1 atom stereocenters. The van der Waals surface area contributed by atoms with E-state index in [0.29, 0.717) is 12.3 Å². The van der Waals surface area contributed by atoms with Gasteiger partial charge < -0.3 is 10.2 Å². The zero-order valence-electron chi connectivity index (χ0n) is 14.1. The van der Waals surface area contributed by atoms with Gasteiger partial charge in [-0.15, -0.1) is 12.4 Å². The van der Waals surface area contributed by atoms with Crippen LogP contribution in [0, 0.1) is 17.7 Å². The van der Waals surface area contributed by atoms with Crippen LogP contribution < -0.4 is 5.32 Å². The number of carbonyl (C=O) groups is 1. The van der Waals surface area contributed by atoms with Gasteiger partial charge in [0.25, 0.3) is 0 Å². The van der Waals surface area contributed by atoms with Crippen molar-refractivity contribution in [3.8, 4) is 0 Å². The fraction of sp³-hybridized carbons (Fsp3) is 0.611. The first-order valence-corrected chi connectivity index (χ1v) is 8.25. The summed E-state index contributed by atoms with van der Waals surface area (Å²) < 4.78 is 13.2. The molecular formula is C18H28ClFN2O. The summed E-state index contributed by atoms with van der Waals surface area (Å²) in [5, 5.41) is 3.21. The molecule has 3 nitrogen and oxygen atoms in total. The molecule has 0 radical (unpaired) electrons. The summed E-state index contributed by atoms with van der Waals surface area (Å²) in [6.07, 6.45) is 3.47. The Kier molecular flexibility index (Phi) is 8.56. The van der Waals surface area contributed by atoms with E-state index in [-0.39, 0.29) is 30.0 Å². The second-order valence-electron chi connectivity index (χ2n) is 6.53. The van der Waals surface area contributed by atoms with E-state index in [9.17, 15) is 9.18 Å². The maximum atomic E-state index is 13.2. The van der Waals surface area contributed by atoms with Crippen LogP contribution in [0.15, 0.2) is 24.3 Å². The van der Waals surface area contributed by atoms with E-state index in [1.54, 1.807) is 12.1 Å². The highest BCUT2D eigenvalue weighted by atomic mass is 35.5. The number of hydrogen-bond acceptors (Lipinski definition) is 2. The Morgan fingerprint density at radius 1 is 1.39 bits per heavy atom. The SMILES string of the molecule is CNCC1CCN(C(=O)CC(C)Cc2cccc(F)c2)CC1.Cl. The standard InChI is InChI=1S/C18H27FN2O.ClH/c1-14(10-16-4-3-5-17(19)12-16)11-18(22)21-8-6-15(7-9-21)13-20-2;/h3-5,12,14-15,20H,6-11,13H2,1-2H3;1H. The van der Waals surface area contributed by atoms with E-state index in [2.05, 4.69) is 12.2 Å². The molecule has 1 amide bonds. The molecule has 0 aromatic heterocycles. The van der Waals surface area contributed by atoms with E-state index in [1.807, 2.05) is 18.0 Å². The first-order chi connectivity index (χ1) is 10.6. The van der Waals surface area contributed by atoms with Crippen LogP contribution in [0.3, 0.4) is 0 Å². The summed E-state index contributed by atoms with van der Waals surface area (Å²) in [4.78, 5) is 14.4. The molecule has 1 fully saturated rings. The van der Waals surface area contributed by atoms with E-state index < -0.39 is 0 Å². The van der Waals surface area contributed by atoms with Crippen molar-refractivity contribution < 1.29 is 9.18 Å². The summed E-state index contributed by atoms with van der Waals surface area (Å²) in [5.74, 6) is 0.970. The molecule has 0 bridgehead atoms. The number of benzene rings is 1. The number of piperidine rings is 1. The fourth-order valence-electron chi connectivity index (χ4n) is 3.24. The second kappa shape index (κ2) is 9.89. The third-order valence-electron chi connectivity index (χ3n) is 4.46. The highest BCUT2D eigenvalue weighted by Gasteiger charge is 2.23. The van der Waals surface area contributed by atoms with Gasteiger partial charge in [-0.1, -0.05) is 19.1 Å².